The number of carbonyl (C=O) groups is 2. The minimum atomic E-state index is -1.10. The molecule has 1 rings (SSSR count). The number of aliphatic carboxylic acids is 1. The third kappa shape index (κ3) is 6.00. The Morgan fingerprint density at radius 3 is 2.80 bits per heavy atom. The van der Waals surface area contributed by atoms with E-state index in [1.165, 1.54) is 11.3 Å². The van der Waals surface area contributed by atoms with Crippen LogP contribution in [0.2, 0.25) is 0 Å². The topological polar surface area (TPSA) is 96.9 Å². The number of hydrogen-bond donors (Lipinski definition) is 3. The van der Waals surface area contributed by atoms with E-state index in [1.54, 1.807) is 24.6 Å². The Morgan fingerprint density at radius 1 is 1.40 bits per heavy atom. The first-order chi connectivity index (χ1) is 9.65. The molecule has 0 saturated heterocycles. The van der Waals surface area contributed by atoms with Gasteiger partial charge in [-0.1, -0.05) is 6.07 Å². The molecular formula is C12H18N2O5S. The zero-order chi connectivity index (χ0) is 14.8. The monoisotopic (exact) mass is 302 g/mol. The van der Waals surface area contributed by atoms with Crippen molar-refractivity contribution < 1.29 is 24.2 Å². The maximum atomic E-state index is 11.6. The Labute approximate surface area is 120 Å². The molecular weight excluding hydrogens is 284 g/mol. The standard InChI is InChI=1S/C12H18N2O5S/c1-18-6-7-19-5-4-13-12(17)14-10(11(15)16)9-3-2-8-20-9/h2-3,8,10H,4-7H2,1H3,(H,15,16)(H2,13,14,17). The van der Waals surface area contributed by atoms with Crippen LogP contribution >= 0.6 is 11.3 Å². The quantitative estimate of drug-likeness (QED) is 0.587. The molecule has 3 N–H and O–H groups in total. The Hall–Kier alpha value is -1.64. The molecule has 0 aliphatic heterocycles. The van der Waals surface area contributed by atoms with E-state index in [0.29, 0.717) is 31.2 Å². The fourth-order valence-corrected chi connectivity index (χ4v) is 2.14. The summed E-state index contributed by atoms with van der Waals surface area (Å²) in [5.41, 5.74) is 0. The Balaban J connectivity index is 2.27. The van der Waals surface area contributed by atoms with Gasteiger partial charge in [0.25, 0.3) is 0 Å². The lowest BCUT2D eigenvalue weighted by atomic mass is 10.2. The van der Waals surface area contributed by atoms with Crippen molar-refractivity contribution in [2.75, 3.05) is 33.5 Å². The van der Waals surface area contributed by atoms with Crippen molar-refractivity contribution in [2.24, 2.45) is 0 Å². The first-order valence-electron chi connectivity index (χ1n) is 6.02. The van der Waals surface area contributed by atoms with Gasteiger partial charge in [-0.2, -0.15) is 0 Å². The summed E-state index contributed by atoms with van der Waals surface area (Å²) in [5, 5.41) is 15.8. The van der Waals surface area contributed by atoms with E-state index in [9.17, 15) is 9.59 Å². The molecule has 1 atom stereocenters. The van der Waals surface area contributed by atoms with E-state index in [1.807, 2.05) is 0 Å². The van der Waals surface area contributed by atoms with Crippen molar-refractivity contribution in [1.82, 2.24) is 10.6 Å². The third-order valence-electron chi connectivity index (χ3n) is 2.31. The van der Waals surface area contributed by atoms with Gasteiger partial charge in [0.2, 0.25) is 0 Å². The second kappa shape index (κ2) is 9.29. The number of urea groups is 1. The van der Waals surface area contributed by atoms with Crippen LogP contribution in [0.5, 0.6) is 0 Å². The van der Waals surface area contributed by atoms with Crippen LogP contribution in [0.3, 0.4) is 0 Å². The third-order valence-corrected chi connectivity index (χ3v) is 3.25. The summed E-state index contributed by atoms with van der Waals surface area (Å²) < 4.78 is 9.97. The van der Waals surface area contributed by atoms with Gasteiger partial charge in [-0.15, -0.1) is 11.3 Å². The molecule has 0 spiro atoms. The minimum absolute atomic E-state index is 0.298. The van der Waals surface area contributed by atoms with Crippen molar-refractivity contribution in [2.45, 2.75) is 6.04 Å². The summed E-state index contributed by atoms with van der Waals surface area (Å²) in [7, 11) is 1.58. The molecule has 0 fully saturated rings. The van der Waals surface area contributed by atoms with E-state index in [2.05, 4.69) is 10.6 Å². The van der Waals surface area contributed by atoms with Gasteiger partial charge >= 0.3 is 12.0 Å². The summed E-state index contributed by atoms with van der Waals surface area (Å²) >= 11 is 1.28. The van der Waals surface area contributed by atoms with Crippen LogP contribution in [0.4, 0.5) is 4.79 Å². The van der Waals surface area contributed by atoms with Crippen molar-refractivity contribution in [3.05, 3.63) is 22.4 Å². The molecule has 0 aliphatic rings. The molecule has 0 bridgehead atoms. The number of rotatable bonds is 9. The van der Waals surface area contributed by atoms with Crippen LogP contribution in [0.1, 0.15) is 10.9 Å². The lowest BCUT2D eigenvalue weighted by Gasteiger charge is -2.13. The van der Waals surface area contributed by atoms with Gasteiger partial charge in [0, 0.05) is 18.5 Å². The van der Waals surface area contributed by atoms with Crippen molar-refractivity contribution in [3.8, 4) is 0 Å². The van der Waals surface area contributed by atoms with Gasteiger partial charge in [0.15, 0.2) is 6.04 Å². The largest absolute Gasteiger partial charge is 0.479 e. The molecule has 0 radical (unpaired) electrons. The number of thiophene rings is 1. The molecule has 1 aromatic heterocycles. The molecule has 7 nitrogen and oxygen atoms in total. The van der Waals surface area contributed by atoms with Gasteiger partial charge in [-0.25, -0.2) is 9.59 Å². The lowest BCUT2D eigenvalue weighted by molar-refractivity contribution is -0.139. The van der Waals surface area contributed by atoms with Crippen LogP contribution in [0.15, 0.2) is 17.5 Å². The second-order valence-electron chi connectivity index (χ2n) is 3.79. The van der Waals surface area contributed by atoms with E-state index in [4.69, 9.17) is 14.6 Å². The summed E-state index contributed by atoms with van der Waals surface area (Å²) in [6, 6.07) is 1.82. The van der Waals surface area contributed by atoms with Crippen molar-refractivity contribution in [1.29, 1.82) is 0 Å². The van der Waals surface area contributed by atoms with Crippen LogP contribution in [-0.4, -0.2) is 50.6 Å². The highest BCUT2D eigenvalue weighted by molar-refractivity contribution is 7.10. The number of nitrogens with one attached hydrogen (secondary N) is 2. The molecule has 20 heavy (non-hydrogen) atoms. The maximum absolute atomic E-state index is 11.6. The average Bonchev–Trinajstić information content (AvgIpc) is 2.93. The molecule has 1 aromatic rings. The van der Waals surface area contributed by atoms with Gasteiger partial charge in [0.05, 0.1) is 19.8 Å². The smallest absolute Gasteiger partial charge is 0.331 e. The number of carbonyl (C=O) groups excluding carboxylic acids is 1. The van der Waals surface area contributed by atoms with Gasteiger partial charge in [-0.05, 0) is 11.4 Å². The number of amides is 2. The molecule has 0 aromatic carbocycles. The number of ether oxygens (including phenoxy) is 2. The molecule has 0 aliphatic carbocycles. The molecule has 0 saturated carbocycles. The zero-order valence-corrected chi connectivity index (χ0v) is 11.9. The van der Waals surface area contributed by atoms with Gasteiger partial charge in [0.1, 0.15) is 0 Å². The highest BCUT2D eigenvalue weighted by Crippen LogP contribution is 2.18. The Bertz CT molecular complexity index is 410. The summed E-state index contributed by atoms with van der Waals surface area (Å²) in [6.45, 7) is 1.58. The molecule has 1 unspecified atom stereocenters. The van der Waals surface area contributed by atoms with Crippen LogP contribution in [0, 0.1) is 0 Å². The number of methoxy groups -OCH3 is 1. The first-order valence-corrected chi connectivity index (χ1v) is 6.90. The minimum Gasteiger partial charge on any atom is -0.479 e. The van der Waals surface area contributed by atoms with Crippen LogP contribution in [-0.2, 0) is 14.3 Å². The molecule has 8 heteroatoms. The van der Waals surface area contributed by atoms with Crippen molar-refractivity contribution in [3.63, 3.8) is 0 Å². The van der Waals surface area contributed by atoms with Crippen LogP contribution in [0.25, 0.3) is 0 Å². The highest BCUT2D eigenvalue weighted by atomic mass is 32.1. The molecule has 2 amide bonds. The molecule has 112 valence electrons. The number of carboxylic acids is 1. The van der Waals surface area contributed by atoms with Crippen LogP contribution < -0.4 is 10.6 Å². The Kier molecular flexibility index (Phi) is 7.63. The number of hydrogen-bond acceptors (Lipinski definition) is 5. The summed E-state index contributed by atoms with van der Waals surface area (Å²) in [6.07, 6.45) is 0. The number of carboxylic acid groups (broad SMARTS) is 1. The predicted molar refractivity (Wildman–Crippen MR) is 73.9 cm³/mol. The predicted octanol–water partition coefficient (Wildman–Crippen LogP) is 0.836. The zero-order valence-electron chi connectivity index (χ0n) is 11.1. The fraction of sp³-hybridized carbons (Fsp3) is 0.500. The van der Waals surface area contributed by atoms with E-state index >= 15 is 0 Å². The summed E-state index contributed by atoms with van der Waals surface area (Å²) in [4.78, 5) is 23.3. The first kappa shape index (κ1) is 16.4. The van der Waals surface area contributed by atoms with Crippen molar-refractivity contribution >= 4 is 23.3 Å². The SMILES string of the molecule is COCCOCCNC(=O)NC(C(=O)O)c1cccs1. The molecule has 1 heterocycles. The normalized spacial score (nSPS) is 11.8. The summed E-state index contributed by atoms with van der Waals surface area (Å²) in [5.74, 6) is -1.10. The van der Waals surface area contributed by atoms with E-state index in [-0.39, 0.29) is 0 Å². The maximum Gasteiger partial charge on any atom is 0.331 e. The Morgan fingerprint density at radius 2 is 2.20 bits per heavy atom. The van der Waals surface area contributed by atoms with Gasteiger partial charge in [-0.3, -0.25) is 0 Å². The lowest BCUT2D eigenvalue weighted by Crippen LogP contribution is -2.41. The average molecular weight is 302 g/mol. The fourth-order valence-electron chi connectivity index (χ4n) is 1.37. The van der Waals surface area contributed by atoms with E-state index in [0.717, 1.165) is 0 Å². The van der Waals surface area contributed by atoms with Gasteiger partial charge < -0.3 is 25.2 Å². The second-order valence-corrected chi connectivity index (χ2v) is 4.77. The highest BCUT2D eigenvalue weighted by Gasteiger charge is 2.22. The van der Waals surface area contributed by atoms with E-state index < -0.39 is 18.0 Å².